The van der Waals surface area contributed by atoms with E-state index in [4.69, 9.17) is 0 Å². The Bertz CT molecular complexity index is 3120. The maximum absolute atomic E-state index is 9.40. The van der Waals surface area contributed by atoms with Crippen LogP contribution in [0.3, 0.4) is 0 Å². The molecule has 2 aliphatic rings. The first kappa shape index (κ1) is 33.6. The fourth-order valence-electron chi connectivity index (χ4n) is 9.15. The average Bonchev–Trinajstić information content (AvgIpc) is 3.82. The van der Waals surface area contributed by atoms with Gasteiger partial charge in [0.1, 0.15) is 0 Å². The van der Waals surface area contributed by atoms with Crippen LogP contribution in [0.2, 0.25) is 0 Å². The lowest BCUT2D eigenvalue weighted by Gasteiger charge is -2.28. The summed E-state index contributed by atoms with van der Waals surface area (Å²) in [6.45, 7) is 0. The van der Waals surface area contributed by atoms with Gasteiger partial charge < -0.3 is 9.47 Å². The number of anilines is 2. The van der Waals surface area contributed by atoms with E-state index in [1.165, 1.54) is 66.4 Å². The molecular formula is C55H37N3. The van der Waals surface area contributed by atoms with Gasteiger partial charge in [-0.05, 0) is 117 Å². The molecule has 2 unspecified atom stereocenters. The molecule has 0 fully saturated rings. The highest BCUT2D eigenvalue weighted by Crippen LogP contribution is 2.49. The lowest BCUT2D eigenvalue weighted by atomic mass is 9.89. The molecule has 3 nitrogen and oxygen atoms in total. The predicted octanol–water partition coefficient (Wildman–Crippen LogP) is 14.1. The summed E-state index contributed by atoms with van der Waals surface area (Å²) >= 11 is 0. The van der Waals surface area contributed by atoms with Crippen molar-refractivity contribution in [2.45, 2.75) is 12.0 Å². The summed E-state index contributed by atoms with van der Waals surface area (Å²) in [5, 5.41) is 11.9. The molecule has 3 heteroatoms. The fourth-order valence-corrected chi connectivity index (χ4v) is 9.15. The van der Waals surface area contributed by atoms with Gasteiger partial charge in [-0.2, -0.15) is 5.26 Å². The highest BCUT2D eigenvalue weighted by molar-refractivity contribution is 6.10. The Morgan fingerprint density at radius 3 is 1.79 bits per heavy atom. The molecule has 9 aromatic rings. The third kappa shape index (κ3) is 5.66. The number of rotatable bonds is 6. The topological polar surface area (TPSA) is 32.0 Å². The summed E-state index contributed by atoms with van der Waals surface area (Å²) in [5.41, 5.74) is 17.4. The van der Waals surface area contributed by atoms with Crippen molar-refractivity contribution in [2.24, 2.45) is 0 Å². The summed E-state index contributed by atoms with van der Waals surface area (Å²) in [5.74, 6) is 0.265. The van der Waals surface area contributed by atoms with E-state index in [0.29, 0.717) is 5.56 Å². The van der Waals surface area contributed by atoms with Crippen LogP contribution in [0, 0.1) is 11.3 Å². The largest absolute Gasteiger partial charge is 0.333 e. The van der Waals surface area contributed by atoms with E-state index < -0.39 is 0 Å². The monoisotopic (exact) mass is 739 g/mol. The number of nitriles is 1. The van der Waals surface area contributed by atoms with Crippen molar-refractivity contribution in [3.8, 4) is 56.3 Å². The fraction of sp³-hybridized carbons (Fsp3) is 0.0364. The van der Waals surface area contributed by atoms with Crippen LogP contribution in [0.25, 0.3) is 72.0 Å². The SMILES string of the molecule is N#Cc1cccc(-c2ccc(N3c4ccc(-c5ccc(-c6ccc7c(c6)c6ccccc6n7-c6cccc(-c7ccccc7)c6)cc5)cc4C4C=CC=CC43)cc2)c1. The van der Waals surface area contributed by atoms with Gasteiger partial charge in [0.05, 0.1) is 28.7 Å². The number of nitrogens with zero attached hydrogens (tertiary/aromatic N) is 3. The number of para-hydroxylation sites is 1. The van der Waals surface area contributed by atoms with Crippen molar-refractivity contribution in [3.63, 3.8) is 0 Å². The van der Waals surface area contributed by atoms with Crippen LogP contribution in [0.5, 0.6) is 0 Å². The first-order chi connectivity index (χ1) is 28.7. The second kappa shape index (κ2) is 13.8. The van der Waals surface area contributed by atoms with E-state index in [2.05, 4.69) is 210 Å². The zero-order valence-corrected chi connectivity index (χ0v) is 31.7. The van der Waals surface area contributed by atoms with Gasteiger partial charge in [0.25, 0.3) is 0 Å². The van der Waals surface area contributed by atoms with Gasteiger partial charge in [0.15, 0.2) is 0 Å². The molecule has 1 aromatic heterocycles. The second-order valence-corrected chi connectivity index (χ2v) is 15.2. The minimum atomic E-state index is 0.207. The smallest absolute Gasteiger partial charge is 0.0991 e. The van der Waals surface area contributed by atoms with Crippen molar-refractivity contribution in [1.82, 2.24) is 4.57 Å². The van der Waals surface area contributed by atoms with E-state index in [1.807, 2.05) is 18.2 Å². The summed E-state index contributed by atoms with van der Waals surface area (Å²) in [7, 11) is 0. The third-order valence-electron chi connectivity index (χ3n) is 12.0. The molecule has 1 aliphatic carbocycles. The van der Waals surface area contributed by atoms with Crippen molar-refractivity contribution in [3.05, 3.63) is 223 Å². The number of fused-ring (bicyclic) bond motifs is 6. The summed E-state index contributed by atoms with van der Waals surface area (Å²) in [4.78, 5) is 2.47. The van der Waals surface area contributed by atoms with Crippen molar-refractivity contribution >= 4 is 33.2 Å². The maximum atomic E-state index is 9.40. The zero-order valence-electron chi connectivity index (χ0n) is 31.7. The van der Waals surface area contributed by atoms with Gasteiger partial charge in [-0.3, -0.25) is 0 Å². The average molecular weight is 740 g/mol. The van der Waals surface area contributed by atoms with Crippen molar-refractivity contribution in [2.75, 3.05) is 4.90 Å². The Hall–Kier alpha value is -7.67. The molecule has 0 saturated carbocycles. The van der Waals surface area contributed by atoms with Gasteiger partial charge in [-0.15, -0.1) is 0 Å². The van der Waals surface area contributed by atoms with Crippen LogP contribution in [0.1, 0.15) is 17.0 Å². The van der Waals surface area contributed by atoms with Crippen LogP contribution in [-0.4, -0.2) is 10.6 Å². The Morgan fingerprint density at radius 2 is 1.00 bits per heavy atom. The van der Waals surface area contributed by atoms with Crippen LogP contribution in [0.15, 0.2) is 212 Å². The van der Waals surface area contributed by atoms with E-state index in [1.54, 1.807) is 0 Å². The summed E-state index contributed by atoms with van der Waals surface area (Å²) < 4.78 is 2.40. The Kier molecular flexibility index (Phi) is 8.01. The lowest BCUT2D eigenvalue weighted by molar-refractivity contribution is 0.745. The molecule has 2 atom stereocenters. The van der Waals surface area contributed by atoms with Crippen molar-refractivity contribution < 1.29 is 0 Å². The standard InChI is InChI=1S/C55H37N3/c56-36-37-10-8-13-42(32-37)41-24-28-46(29-25-41)57-52-18-6-4-16-48(52)50-34-44(26-30-54(50)57)39-20-22-40(23-21-39)45-27-31-55-51(35-45)49-17-5-7-19-53(49)58(55)47-15-9-14-43(33-47)38-11-2-1-3-12-38/h1-35,48,52H. The van der Waals surface area contributed by atoms with E-state index in [9.17, 15) is 5.26 Å². The lowest BCUT2D eigenvalue weighted by Crippen LogP contribution is -2.28. The highest BCUT2D eigenvalue weighted by atomic mass is 15.2. The van der Waals surface area contributed by atoms with Gasteiger partial charge in [-0.1, -0.05) is 146 Å². The molecule has 0 N–H and O–H groups in total. The molecule has 0 saturated heterocycles. The Balaban J connectivity index is 0.908. The van der Waals surface area contributed by atoms with Crippen molar-refractivity contribution in [1.29, 1.82) is 5.26 Å². The summed E-state index contributed by atoms with van der Waals surface area (Å²) in [6, 6.07) is 70.1. The quantitative estimate of drug-likeness (QED) is 0.170. The molecule has 0 amide bonds. The van der Waals surface area contributed by atoms with Crippen LogP contribution in [0.4, 0.5) is 11.4 Å². The minimum Gasteiger partial charge on any atom is -0.333 e. The second-order valence-electron chi connectivity index (χ2n) is 15.2. The molecule has 58 heavy (non-hydrogen) atoms. The number of aromatic nitrogens is 1. The normalized spacial score (nSPS) is 15.4. The molecule has 11 rings (SSSR count). The molecular weight excluding hydrogens is 703 g/mol. The van der Waals surface area contributed by atoms with E-state index in [-0.39, 0.29) is 12.0 Å². The molecule has 0 spiro atoms. The first-order valence-electron chi connectivity index (χ1n) is 19.9. The number of hydrogen-bond donors (Lipinski definition) is 0. The summed E-state index contributed by atoms with van der Waals surface area (Å²) in [6.07, 6.45) is 9.00. The number of hydrogen-bond acceptors (Lipinski definition) is 2. The molecule has 1 aliphatic heterocycles. The third-order valence-corrected chi connectivity index (χ3v) is 12.0. The molecule has 8 aromatic carbocycles. The highest BCUT2D eigenvalue weighted by Gasteiger charge is 2.37. The molecule has 272 valence electrons. The molecule has 0 bridgehead atoms. The van der Waals surface area contributed by atoms with Crippen LogP contribution in [-0.2, 0) is 0 Å². The van der Waals surface area contributed by atoms with E-state index >= 15 is 0 Å². The van der Waals surface area contributed by atoms with Gasteiger partial charge in [0.2, 0.25) is 0 Å². The molecule has 2 heterocycles. The van der Waals surface area contributed by atoms with Gasteiger partial charge >= 0.3 is 0 Å². The van der Waals surface area contributed by atoms with E-state index in [0.717, 1.165) is 22.5 Å². The molecule has 0 radical (unpaired) electrons. The Morgan fingerprint density at radius 1 is 0.414 bits per heavy atom. The van der Waals surface area contributed by atoms with Gasteiger partial charge in [-0.25, -0.2) is 0 Å². The van der Waals surface area contributed by atoms with Crippen LogP contribution < -0.4 is 4.90 Å². The zero-order chi connectivity index (χ0) is 38.6. The van der Waals surface area contributed by atoms with Crippen LogP contribution >= 0.6 is 0 Å². The predicted molar refractivity (Wildman–Crippen MR) is 241 cm³/mol. The Labute approximate surface area is 338 Å². The van der Waals surface area contributed by atoms with Gasteiger partial charge in [0, 0.05) is 33.8 Å². The first-order valence-corrected chi connectivity index (χ1v) is 19.9. The number of allylic oxidation sites excluding steroid dienone is 2. The number of benzene rings is 8. The maximum Gasteiger partial charge on any atom is 0.0991 e. The minimum absolute atomic E-state index is 0.207.